The molecule has 1 atom stereocenters. The Balaban J connectivity index is 1.45. The maximum Gasteiger partial charge on any atom is 0.338 e. The number of nitrogens with one attached hydrogen (secondary N) is 1. The second kappa shape index (κ2) is 11.0. The molecule has 3 aromatic rings. The molecule has 1 N–H and O–H groups in total. The fourth-order valence-electron chi connectivity index (χ4n) is 4.78. The van der Waals surface area contributed by atoms with Crippen LogP contribution in [-0.4, -0.2) is 39.4 Å². The summed E-state index contributed by atoms with van der Waals surface area (Å²) in [6, 6.07) is 10.1. The van der Waals surface area contributed by atoms with Crippen LogP contribution in [0.15, 0.2) is 47.7 Å². The van der Waals surface area contributed by atoms with Crippen molar-refractivity contribution in [2.75, 3.05) is 12.4 Å². The number of anilines is 1. The summed E-state index contributed by atoms with van der Waals surface area (Å²) in [6.07, 6.45) is 4.97. The minimum absolute atomic E-state index is 0.0839. The van der Waals surface area contributed by atoms with Crippen LogP contribution in [0.25, 0.3) is 0 Å². The highest BCUT2D eigenvalue weighted by atomic mass is 35.5. The monoisotopic (exact) mass is 543 g/mol. The van der Waals surface area contributed by atoms with Gasteiger partial charge in [-0.1, -0.05) is 46.9 Å². The van der Waals surface area contributed by atoms with Crippen molar-refractivity contribution in [1.29, 1.82) is 0 Å². The van der Waals surface area contributed by atoms with Crippen LogP contribution in [-0.2, 0) is 16.1 Å². The molecule has 0 amide bonds. The maximum absolute atomic E-state index is 13.5. The van der Waals surface area contributed by atoms with Crippen molar-refractivity contribution in [3.05, 3.63) is 68.8 Å². The molecule has 11 heteroatoms. The Morgan fingerprint density at radius 2 is 1.86 bits per heavy atom. The number of hydrogen-bond donors (Lipinski definition) is 1. The molecule has 194 valence electrons. The Morgan fingerprint density at radius 3 is 2.59 bits per heavy atom. The number of ether oxygens (including phenoxy) is 3. The SMILES string of the molecule is COc1cc(C2C(C(=O)OC3CCCCC3)=C(C)Nc3nnnn32)ccc1OCc1c(Cl)cccc1Cl. The third-order valence-corrected chi connectivity index (χ3v) is 7.41. The van der Waals surface area contributed by atoms with Gasteiger partial charge in [-0.05, 0) is 72.9 Å². The summed E-state index contributed by atoms with van der Waals surface area (Å²) in [5.41, 5.74) is 2.51. The smallest absolute Gasteiger partial charge is 0.338 e. The van der Waals surface area contributed by atoms with Crippen molar-refractivity contribution >= 4 is 35.1 Å². The summed E-state index contributed by atoms with van der Waals surface area (Å²) < 4.78 is 19.2. The quantitative estimate of drug-likeness (QED) is 0.377. The van der Waals surface area contributed by atoms with E-state index in [0.717, 1.165) is 31.2 Å². The second-order valence-corrected chi connectivity index (χ2v) is 9.89. The fourth-order valence-corrected chi connectivity index (χ4v) is 5.28. The second-order valence-electron chi connectivity index (χ2n) is 9.08. The molecular formula is C26H27Cl2N5O4. The van der Waals surface area contributed by atoms with Crippen molar-refractivity contribution in [3.8, 4) is 11.5 Å². The topological polar surface area (TPSA) is 100 Å². The Morgan fingerprint density at radius 1 is 1.11 bits per heavy atom. The molecule has 2 heterocycles. The van der Waals surface area contributed by atoms with Gasteiger partial charge in [0.15, 0.2) is 11.5 Å². The molecule has 9 nitrogen and oxygen atoms in total. The molecule has 1 aliphatic heterocycles. The Kier molecular flexibility index (Phi) is 7.53. The van der Waals surface area contributed by atoms with Gasteiger partial charge < -0.3 is 19.5 Å². The standard InChI is InChI=1S/C26H27Cl2N5O4/c1-15-23(25(34)37-17-7-4-3-5-8-17)24(33-26(29-15)30-31-32-33)16-11-12-21(22(13-16)35-2)36-14-18-19(27)9-6-10-20(18)28/h6,9-13,17,24H,3-5,7-8,14H2,1-2H3,(H,29,30,32). The summed E-state index contributed by atoms with van der Waals surface area (Å²) >= 11 is 12.6. The van der Waals surface area contributed by atoms with Crippen molar-refractivity contribution < 1.29 is 19.0 Å². The molecule has 1 saturated carbocycles. The van der Waals surface area contributed by atoms with E-state index < -0.39 is 6.04 Å². The van der Waals surface area contributed by atoms with Crippen LogP contribution in [0.4, 0.5) is 5.95 Å². The number of rotatable bonds is 7. The lowest BCUT2D eigenvalue weighted by atomic mass is 9.94. The van der Waals surface area contributed by atoms with Crippen LogP contribution in [0.1, 0.15) is 56.2 Å². The Hall–Kier alpha value is -3.30. The summed E-state index contributed by atoms with van der Waals surface area (Å²) in [4.78, 5) is 13.5. The van der Waals surface area contributed by atoms with Crippen LogP contribution in [0.3, 0.4) is 0 Å². The first kappa shape index (κ1) is 25.4. The number of nitrogens with zero attached hydrogens (tertiary/aromatic N) is 4. The van der Waals surface area contributed by atoms with E-state index in [9.17, 15) is 4.79 Å². The van der Waals surface area contributed by atoms with E-state index in [0.29, 0.717) is 44.3 Å². The van der Waals surface area contributed by atoms with Crippen LogP contribution in [0, 0.1) is 0 Å². The summed E-state index contributed by atoms with van der Waals surface area (Å²) in [7, 11) is 1.55. The van der Waals surface area contributed by atoms with Crippen molar-refractivity contribution in [1.82, 2.24) is 20.2 Å². The number of fused-ring (bicyclic) bond motifs is 1. The van der Waals surface area contributed by atoms with Gasteiger partial charge in [0.25, 0.3) is 0 Å². The minimum atomic E-state index is -0.608. The van der Waals surface area contributed by atoms with Crippen LogP contribution in [0.2, 0.25) is 10.0 Å². The van der Waals surface area contributed by atoms with Crippen LogP contribution >= 0.6 is 23.2 Å². The Labute approximate surface area is 224 Å². The lowest BCUT2D eigenvalue weighted by molar-refractivity contribution is -0.146. The van der Waals surface area contributed by atoms with E-state index in [-0.39, 0.29) is 18.7 Å². The molecule has 1 unspecified atom stereocenters. The third kappa shape index (κ3) is 5.24. The molecule has 0 spiro atoms. The van der Waals surface area contributed by atoms with Gasteiger partial charge in [-0.3, -0.25) is 0 Å². The van der Waals surface area contributed by atoms with Gasteiger partial charge in [-0.15, -0.1) is 0 Å². The van der Waals surface area contributed by atoms with Gasteiger partial charge in [0.05, 0.1) is 12.7 Å². The number of halogens is 2. The number of carbonyl (C=O) groups excluding carboxylic acids is 1. The zero-order chi connectivity index (χ0) is 25.9. The third-order valence-electron chi connectivity index (χ3n) is 6.70. The van der Waals surface area contributed by atoms with Gasteiger partial charge >= 0.3 is 5.97 Å². The van der Waals surface area contributed by atoms with E-state index in [1.165, 1.54) is 6.42 Å². The van der Waals surface area contributed by atoms with Crippen molar-refractivity contribution in [2.24, 2.45) is 0 Å². The van der Waals surface area contributed by atoms with E-state index in [4.69, 9.17) is 37.4 Å². The van der Waals surface area contributed by atoms with E-state index in [1.807, 2.05) is 19.1 Å². The van der Waals surface area contributed by atoms with E-state index >= 15 is 0 Å². The predicted molar refractivity (Wildman–Crippen MR) is 139 cm³/mol. The number of esters is 1. The normalized spacial score (nSPS) is 17.7. The van der Waals surface area contributed by atoms with E-state index in [2.05, 4.69) is 20.8 Å². The molecule has 1 aromatic heterocycles. The fraction of sp³-hybridized carbons (Fsp3) is 0.385. The lowest BCUT2D eigenvalue weighted by Gasteiger charge is -2.29. The molecule has 5 rings (SSSR count). The number of benzene rings is 2. The zero-order valence-electron chi connectivity index (χ0n) is 20.5. The maximum atomic E-state index is 13.5. The summed E-state index contributed by atoms with van der Waals surface area (Å²) in [5.74, 6) is 1.03. The molecule has 2 aliphatic rings. The molecule has 2 aromatic carbocycles. The molecule has 0 radical (unpaired) electrons. The van der Waals surface area contributed by atoms with Crippen LogP contribution < -0.4 is 14.8 Å². The van der Waals surface area contributed by atoms with Crippen LogP contribution in [0.5, 0.6) is 11.5 Å². The van der Waals surface area contributed by atoms with Crippen molar-refractivity contribution in [2.45, 2.75) is 57.8 Å². The highest BCUT2D eigenvalue weighted by Crippen LogP contribution is 2.39. The van der Waals surface area contributed by atoms with Crippen molar-refractivity contribution in [3.63, 3.8) is 0 Å². The zero-order valence-corrected chi connectivity index (χ0v) is 22.1. The molecular weight excluding hydrogens is 517 g/mol. The first-order valence-electron chi connectivity index (χ1n) is 12.2. The average Bonchev–Trinajstić information content (AvgIpc) is 3.36. The Bertz CT molecular complexity index is 1320. The van der Waals surface area contributed by atoms with Gasteiger partial charge in [0, 0.05) is 21.3 Å². The summed E-state index contributed by atoms with van der Waals surface area (Å²) in [5, 5.41) is 16.2. The highest BCUT2D eigenvalue weighted by molar-refractivity contribution is 6.35. The number of tetrazole rings is 1. The molecule has 37 heavy (non-hydrogen) atoms. The van der Waals surface area contributed by atoms with Gasteiger partial charge in [0.2, 0.25) is 5.95 Å². The van der Waals surface area contributed by atoms with Gasteiger partial charge in [-0.2, -0.15) is 4.68 Å². The molecule has 1 aliphatic carbocycles. The number of allylic oxidation sites excluding steroid dienone is 1. The largest absolute Gasteiger partial charge is 0.493 e. The minimum Gasteiger partial charge on any atom is -0.493 e. The lowest BCUT2D eigenvalue weighted by Crippen LogP contribution is -2.32. The first-order valence-corrected chi connectivity index (χ1v) is 12.9. The average molecular weight is 544 g/mol. The molecule has 0 saturated heterocycles. The summed E-state index contributed by atoms with van der Waals surface area (Å²) in [6.45, 7) is 1.99. The number of carbonyl (C=O) groups is 1. The number of hydrogen-bond acceptors (Lipinski definition) is 8. The first-order chi connectivity index (χ1) is 18.0. The van der Waals surface area contributed by atoms with Gasteiger partial charge in [-0.25, -0.2) is 4.79 Å². The molecule has 0 bridgehead atoms. The number of aromatic nitrogens is 4. The predicted octanol–water partition coefficient (Wildman–Crippen LogP) is 5.73. The number of methoxy groups -OCH3 is 1. The van der Waals surface area contributed by atoms with E-state index in [1.54, 1.807) is 36.1 Å². The van der Waals surface area contributed by atoms with Gasteiger partial charge in [0.1, 0.15) is 18.8 Å². The molecule has 1 fully saturated rings. The highest BCUT2D eigenvalue weighted by Gasteiger charge is 2.36.